The van der Waals surface area contributed by atoms with Crippen LogP contribution in [0.4, 0.5) is 10.8 Å². The number of rotatable bonds is 8. The number of ether oxygens (including phenoxy) is 1. The minimum atomic E-state index is -3.73. The maximum absolute atomic E-state index is 12.8. The number of nitrogens with zero attached hydrogens (tertiary/aromatic N) is 3. The van der Waals surface area contributed by atoms with Crippen molar-refractivity contribution in [2.24, 2.45) is 0 Å². The van der Waals surface area contributed by atoms with E-state index in [0.717, 1.165) is 16.1 Å². The first-order valence-electron chi connectivity index (χ1n) is 9.31. The van der Waals surface area contributed by atoms with Crippen molar-refractivity contribution in [2.75, 3.05) is 22.5 Å². The SMILES string of the molecule is CCOc1ccc(N([C@@H](C)C(=O)Nc2nnc(-c3ccc(Cl)cc3)s2)S(C)(=O)=O)cc1. The van der Waals surface area contributed by atoms with Crippen molar-refractivity contribution < 1.29 is 17.9 Å². The summed E-state index contributed by atoms with van der Waals surface area (Å²) in [5, 5.41) is 12.2. The number of benzene rings is 2. The van der Waals surface area contributed by atoms with E-state index in [1.807, 2.05) is 6.92 Å². The molecule has 1 N–H and O–H groups in total. The third-order valence-corrected chi connectivity index (χ3v) is 6.62. The quantitative estimate of drug-likeness (QED) is 0.522. The number of carbonyl (C=O) groups is 1. The molecule has 1 aromatic heterocycles. The number of anilines is 2. The number of aromatic nitrogens is 2. The zero-order valence-corrected chi connectivity index (χ0v) is 19.5. The van der Waals surface area contributed by atoms with Crippen LogP contribution in [0.1, 0.15) is 13.8 Å². The highest BCUT2D eigenvalue weighted by atomic mass is 35.5. The number of carbonyl (C=O) groups excluding carboxylic acids is 1. The first-order valence-corrected chi connectivity index (χ1v) is 12.4. The van der Waals surface area contributed by atoms with Crippen molar-refractivity contribution in [2.45, 2.75) is 19.9 Å². The molecule has 0 fully saturated rings. The summed E-state index contributed by atoms with van der Waals surface area (Å²) in [6.45, 7) is 3.86. The molecule has 2 aromatic carbocycles. The minimum Gasteiger partial charge on any atom is -0.494 e. The van der Waals surface area contributed by atoms with Crippen LogP contribution in [0.2, 0.25) is 5.02 Å². The van der Waals surface area contributed by atoms with Gasteiger partial charge < -0.3 is 4.74 Å². The van der Waals surface area contributed by atoms with E-state index in [4.69, 9.17) is 16.3 Å². The second-order valence-electron chi connectivity index (χ2n) is 6.57. The van der Waals surface area contributed by atoms with Crippen molar-refractivity contribution >= 4 is 49.7 Å². The van der Waals surface area contributed by atoms with Crippen LogP contribution in [-0.2, 0) is 14.8 Å². The highest BCUT2D eigenvalue weighted by molar-refractivity contribution is 7.92. The third-order valence-electron chi connectivity index (χ3n) is 4.24. The zero-order chi connectivity index (χ0) is 22.6. The molecule has 1 atom stereocenters. The van der Waals surface area contributed by atoms with Gasteiger partial charge >= 0.3 is 0 Å². The largest absolute Gasteiger partial charge is 0.494 e. The van der Waals surface area contributed by atoms with Gasteiger partial charge in [-0.3, -0.25) is 14.4 Å². The van der Waals surface area contributed by atoms with Crippen LogP contribution < -0.4 is 14.4 Å². The van der Waals surface area contributed by atoms with Gasteiger partial charge in [0.05, 0.1) is 18.6 Å². The molecular formula is C20H21ClN4O4S2. The van der Waals surface area contributed by atoms with Crippen molar-refractivity contribution in [1.29, 1.82) is 0 Å². The van der Waals surface area contributed by atoms with E-state index in [1.54, 1.807) is 48.5 Å². The van der Waals surface area contributed by atoms with E-state index >= 15 is 0 Å². The molecule has 0 aliphatic carbocycles. The van der Waals surface area contributed by atoms with E-state index in [1.165, 1.54) is 18.3 Å². The molecule has 0 bridgehead atoms. The molecule has 0 aliphatic heterocycles. The maximum Gasteiger partial charge on any atom is 0.249 e. The lowest BCUT2D eigenvalue weighted by Crippen LogP contribution is -2.45. The lowest BCUT2D eigenvalue weighted by atomic mass is 10.2. The van der Waals surface area contributed by atoms with Gasteiger partial charge in [0.15, 0.2) is 0 Å². The number of amides is 1. The van der Waals surface area contributed by atoms with E-state index in [9.17, 15) is 13.2 Å². The predicted octanol–water partition coefficient (Wildman–Crippen LogP) is 4.05. The number of hydrogen-bond donors (Lipinski definition) is 1. The summed E-state index contributed by atoms with van der Waals surface area (Å²) in [6, 6.07) is 12.6. The molecule has 8 nitrogen and oxygen atoms in total. The molecular weight excluding hydrogens is 460 g/mol. The van der Waals surface area contributed by atoms with Crippen molar-refractivity contribution in [1.82, 2.24) is 10.2 Å². The van der Waals surface area contributed by atoms with E-state index in [2.05, 4.69) is 15.5 Å². The van der Waals surface area contributed by atoms with Crippen LogP contribution in [0, 0.1) is 0 Å². The van der Waals surface area contributed by atoms with Gasteiger partial charge in [-0.2, -0.15) is 0 Å². The molecule has 1 amide bonds. The van der Waals surface area contributed by atoms with Gasteiger partial charge in [0.2, 0.25) is 21.1 Å². The molecule has 0 radical (unpaired) electrons. The average Bonchev–Trinajstić information content (AvgIpc) is 3.17. The summed E-state index contributed by atoms with van der Waals surface area (Å²) in [7, 11) is -3.73. The van der Waals surface area contributed by atoms with E-state index in [0.29, 0.717) is 28.1 Å². The molecule has 0 aliphatic rings. The molecule has 31 heavy (non-hydrogen) atoms. The Balaban J connectivity index is 1.78. The van der Waals surface area contributed by atoms with Crippen LogP contribution >= 0.6 is 22.9 Å². The standard InChI is InChI=1S/C20H21ClN4O4S2/c1-4-29-17-11-9-16(10-12-17)25(31(3,27)28)13(2)18(26)22-20-24-23-19(30-20)14-5-7-15(21)8-6-14/h5-13H,4H2,1-3H3,(H,22,24,26)/t13-/m0/s1. The fourth-order valence-corrected chi connectivity index (χ4v) is 4.91. The van der Waals surface area contributed by atoms with Crippen LogP contribution in [0.5, 0.6) is 5.75 Å². The smallest absolute Gasteiger partial charge is 0.249 e. The minimum absolute atomic E-state index is 0.266. The molecule has 0 spiro atoms. The van der Waals surface area contributed by atoms with Gasteiger partial charge in [0.25, 0.3) is 0 Å². The van der Waals surface area contributed by atoms with E-state index in [-0.39, 0.29) is 5.13 Å². The molecule has 0 saturated heterocycles. The highest BCUT2D eigenvalue weighted by Crippen LogP contribution is 2.28. The van der Waals surface area contributed by atoms with Crippen LogP contribution in [0.3, 0.4) is 0 Å². The predicted molar refractivity (Wildman–Crippen MR) is 123 cm³/mol. The number of halogens is 1. The summed E-state index contributed by atoms with van der Waals surface area (Å²) in [5.41, 5.74) is 1.16. The summed E-state index contributed by atoms with van der Waals surface area (Å²) < 4.78 is 31.3. The molecule has 164 valence electrons. The molecule has 0 unspecified atom stereocenters. The number of sulfonamides is 1. The normalized spacial score (nSPS) is 12.3. The van der Waals surface area contributed by atoms with Crippen LogP contribution in [0.25, 0.3) is 10.6 Å². The fourth-order valence-electron chi connectivity index (χ4n) is 2.86. The van der Waals surface area contributed by atoms with Gasteiger partial charge in [-0.15, -0.1) is 10.2 Å². The Hall–Kier alpha value is -2.69. The fraction of sp³-hybridized carbons (Fsp3) is 0.250. The van der Waals surface area contributed by atoms with Crippen molar-refractivity contribution in [3.05, 3.63) is 53.6 Å². The Morgan fingerprint density at radius 1 is 1.16 bits per heavy atom. The first kappa shape index (κ1) is 23.0. The Bertz CT molecular complexity index is 1150. The van der Waals surface area contributed by atoms with Gasteiger partial charge in [-0.1, -0.05) is 35.1 Å². The Labute approximate surface area is 189 Å². The summed E-state index contributed by atoms with van der Waals surface area (Å²) in [5.74, 6) is 0.0820. The lowest BCUT2D eigenvalue weighted by Gasteiger charge is -2.28. The Morgan fingerprint density at radius 3 is 2.39 bits per heavy atom. The second-order valence-corrected chi connectivity index (χ2v) is 9.84. The number of hydrogen-bond acceptors (Lipinski definition) is 7. The Kier molecular flexibility index (Phi) is 7.14. The van der Waals surface area contributed by atoms with Gasteiger partial charge in [-0.25, -0.2) is 8.42 Å². The monoisotopic (exact) mass is 480 g/mol. The van der Waals surface area contributed by atoms with Gasteiger partial charge in [-0.05, 0) is 50.2 Å². The Morgan fingerprint density at radius 2 is 1.81 bits per heavy atom. The summed E-state index contributed by atoms with van der Waals surface area (Å²) in [4.78, 5) is 12.8. The molecule has 11 heteroatoms. The number of nitrogens with one attached hydrogen (secondary N) is 1. The molecule has 3 aromatic rings. The third kappa shape index (κ3) is 5.72. The van der Waals surface area contributed by atoms with Crippen molar-refractivity contribution in [3.63, 3.8) is 0 Å². The van der Waals surface area contributed by atoms with Crippen molar-refractivity contribution in [3.8, 4) is 16.3 Å². The maximum atomic E-state index is 12.8. The highest BCUT2D eigenvalue weighted by Gasteiger charge is 2.29. The average molecular weight is 481 g/mol. The summed E-state index contributed by atoms with van der Waals surface area (Å²) in [6.07, 6.45) is 1.05. The van der Waals surface area contributed by atoms with Gasteiger partial charge in [0, 0.05) is 10.6 Å². The first-order chi connectivity index (χ1) is 14.7. The van der Waals surface area contributed by atoms with E-state index < -0.39 is 22.0 Å². The summed E-state index contributed by atoms with van der Waals surface area (Å²) >= 11 is 7.08. The molecule has 3 rings (SSSR count). The second kappa shape index (κ2) is 9.63. The van der Waals surface area contributed by atoms with Gasteiger partial charge in [0.1, 0.15) is 16.8 Å². The topological polar surface area (TPSA) is 101 Å². The van der Waals surface area contributed by atoms with Crippen LogP contribution in [0.15, 0.2) is 48.5 Å². The molecule has 0 saturated carbocycles. The van der Waals surface area contributed by atoms with Crippen LogP contribution in [-0.4, -0.2) is 43.4 Å². The zero-order valence-electron chi connectivity index (χ0n) is 17.1. The lowest BCUT2D eigenvalue weighted by molar-refractivity contribution is -0.116. The molecule has 1 heterocycles.